The fraction of sp³-hybridized carbons (Fsp3) is 0.412. The number of hydrogen-bond donors (Lipinski definition) is 1. The number of anilines is 1. The van der Waals surface area contributed by atoms with Crippen LogP contribution in [0.1, 0.15) is 31.2 Å². The average molecular weight is 318 g/mol. The molecule has 5 heteroatoms. The zero-order valence-corrected chi connectivity index (χ0v) is 14.1. The zero-order valence-electron chi connectivity index (χ0n) is 13.3. The van der Waals surface area contributed by atoms with Gasteiger partial charge in [0, 0.05) is 23.5 Å². The summed E-state index contributed by atoms with van der Waals surface area (Å²) in [4.78, 5) is 18.8. The molecular weight excluding hydrogens is 296 g/mol. The second-order valence-corrected chi connectivity index (χ2v) is 6.12. The quantitative estimate of drug-likeness (QED) is 0.842. The summed E-state index contributed by atoms with van der Waals surface area (Å²) in [6.07, 6.45) is 1.01. The molecule has 118 valence electrons. The van der Waals surface area contributed by atoms with Gasteiger partial charge in [-0.05, 0) is 25.8 Å². The monoisotopic (exact) mass is 318 g/mol. The number of carbonyl (C=O) groups is 1. The molecule has 0 atom stereocenters. The fourth-order valence-corrected chi connectivity index (χ4v) is 3.55. The molecule has 22 heavy (non-hydrogen) atoms. The summed E-state index contributed by atoms with van der Waals surface area (Å²) in [6.45, 7) is 8.01. The molecule has 4 nitrogen and oxygen atoms in total. The maximum atomic E-state index is 11.1. The molecule has 1 heterocycles. The Morgan fingerprint density at radius 2 is 1.82 bits per heavy atom. The molecule has 0 aliphatic rings. The first-order valence-corrected chi connectivity index (χ1v) is 8.46. The minimum absolute atomic E-state index is 0.0177. The van der Waals surface area contributed by atoms with E-state index in [9.17, 15) is 4.79 Å². The number of carboxylic acids is 1. The highest BCUT2D eigenvalue weighted by molar-refractivity contribution is 7.16. The number of thiazole rings is 1. The molecule has 0 saturated heterocycles. The summed E-state index contributed by atoms with van der Waals surface area (Å²) < 4.78 is 0. The van der Waals surface area contributed by atoms with E-state index in [-0.39, 0.29) is 6.42 Å². The fourth-order valence-electron chi connectivity index (χ4n) is 2.35. The number of rotatable bonds is 7. The van der Waals surface area contributed by atoms with Crippen molar-refractivity contribution in [2.45, 2.75) is 33.6 Å². The van der Waals surface area contributed by atoms with Crippen LogP contribution in [0.25, 0.3) is 11.3 Å². The van der Waals surface area contributed by atoms with Crippen molar-refractivity contribution < 1.29 is 9.90 Å². The van der Waals surface area contributed by atoms with E-state index >= 15 is 0 Å². The van der Waals surface area contributed by atoms with Crippen molar-refractivity contribution in [3.8, 4) is 11.3 Å². The summed E-state index contributed by atoms with van der Waals surface area (Å²) >= 11 is 1.48. The molecule has 0 fully saturated rings. The SMILES string of the molecule is CCc1ccc(-c2nc(N(CC)CC)sc2CC(=O)O)cc1. The highest BCUT2D eigenvalue weighted by Gasteiger charge is 2.18. The molecule has 0 unspecified atom stereocenters. The first kappa shape index (κ1) is 16.5. The Labute approximate surface area is 135 Å². The molecule has 0 aliphatic heterocycles. The third-order valence-electron chi connectivity index (χ3n) is 3.67. The van der Waals surface area contributed by atoms with Crippen molar-refractivity contribution in [1.82, 2.24) is 4.98 Å². The molecule has 1 aromatic heterocycles. The Morgan fingerprint density at radius 1 is 1.18 bits per heavy atom. The second kappa shape index (κ2) is 7.40. The van der Waals surface area contributed by atoms with Gasteiger partial charge in [-0.3, -0.25) is 4.79 Å². The van der Waals surface area contributed by atoms with Crippen LogP contribution in [-0.2, 0) is 17.6 Å². The summed E-state index contributed by atoms with van der Waals surface area (Å²) in [5.41, 5.74) is 3.06. The lowest BCUT2D eigenvalue weighted by Crippen LogP contribution is -2.21. The number of aromatic nitrogens is 1. The smallest absolute Gasteiger partial charge is 0.308 e. The number of hydrogen-bond acceptors (Lipinski definition) is 4. The van der Waals surface area contributed by atoms with Crippen LogP contribution in [0.2, 0.25) is 0 Å². The van der Waals surface area contributed by atoms with Gasteiger partial charge in [-0.25, -0.2) is 4.98 Å². The van der Waals surface area contributed by atoms with Crippen molar-refractivity contribution in [1.29, 1.82) is 0 Å². The van der Waals surface area contributed by atoms with Gasteiger partial charge in [0.25, 0.3) is 0 Å². The largest absolute Gasteiger partial charge is 0.481 e. The minimum atomic E-state index is -0.818. The van der Waals surface area contributed by atoms with Crippen LogP contribution in [-0.4, -0.2) is 29.1 Å². The number of nitrogens with zero attached hydrogens (tertiary/aromatic N) is 2. The maximum absolute atomic E-state index is 11.1. The molecule has 2 aromatic rings. The molecule has 0 radical (unpaired) electrons. The molecular formula is C17H22N2O2S. The van der Waals surface area contributed by atoms with Crippen molar-refractivity contribution in [3.05, 3.63) is 34.7 Å². The van der Waals surface area contributed by atoms with Crippen molar-refractivity contribution in [3.63, 3.8) is 0 Å². The first-order chi connectivity index (χ1) is 10.6. The van der Waals surface area contributed by atoms with Crippen molar-refractivity contribution >= 4 is 22.4 Å². The lowest BCUT2D eigenvalue weighted by molar-refractivity contribution is -0.136. The average Bonchev–Trinajstić information content (AvgIpc) is 2.91. The molecule has 0 bridgehead atoms. The van der Waals surface area contributed by atoms with Gasteiger partial charge in [-0.1, -0.05) is 31.2 Å². The Balaban J connectivity index is 2.44. The Bertz CT molecular complexity index is 631. The van der Waals surface area contributed by atoms with Crippen LogP contribution in [0.3, 0.4) is 0 Å². The van der Waals surface area contributed by atoms with Crippen LogP contribution in [0.4, 0.5) is 5.13 Å². The summed E-state index contributed by atoms with van der Waals surface area (Å²) in [5, 5.41) is 10.0. The van der Waals surface area contributed by atoms with E-state index in [0.717, 1.165) is 40.8 Å². The molecule has 0 amide bonds. The van der Waals surface area contributed by atoms with Crippen LogP contribution in [0.15, 0.2) is 24.3 Å². The van der Waals surface area contributed by atoms with E-state index in [1.807, 2.05) is 12.1 Å². The molecule has 1 N–H and O–H groups in total. The number of carboxylic acid groups (broad SMARTS) is 1. The van der Waals surface area contributed by atoms with Crippen molar-refractivity contribution in [2.24, 2.45) is 0 Å². The zero-order chi connectivity index (χ0) is 16.1. The Morgan fingerprint density at radius 3 is 2.32 bits per heavy atom. The third-order valence-corrected chi connectivity index (χ3v) is 4.78. The second-order valence-electron chi connectivity index (χ2n) is 5.06. The minimum Gasteiger partial charge on any atom is -0.481 e. The standard InChI is InChI=1S/C17H22N2O2S/c1-4-12-7-9-13(10-8-12)16-14(11-15(20)21)22-17(18-16)19(5-2)6-3/h7-10H,4-6,11H2,1-3H3,(H,20,21). The predicted octanol–water partition coefficient (Wildman–Crippen LogP) is 3.85. The molecule has 2 rings (SSSR count). The Hall–Kier alpha value is -1.88. The summed E-state index contributed by atoms with van der Waals surface area (Å²) in [7, 11) is 0. The first-order valence-electron chi connectivity index (χ1n) is 7.64. The van der Waals surface area contributed by atoms with Gasteiger partial charge in [0.05, 0.1) is 12.1 Å². The summed E-state index contributed by atoms with van der Waals surface area (Å²) in [5.74, 6) is -0.818. The topological polar surface area (TPSA) is 53.4 Å². The normalized spacial score (nSPS) is 10.7. The molecule has 0 aliphatic carbocycles. The van der Waals surface area contributed by atoms with Gasteiger partial charge in [0.1, 0.15) is 0 Å². The van der Waals surface area contributed by atoms with Gasteiger partial charge in [-0.2, -0.15) is 0 Å². The van der Waals surface area contributed by atoms with E-state index in [4.69, 9.17) is 10.1 Å². The third kappa shape index (κ3) is 3.65. The number of aryl methyl sites for hydroxylation is 1. The van der Waals surface area contributed by atoms with E-state index in [1.54, 1.807) is 0 Å². The predicted molar refractivity (Wildman–Crippen MR) is 91.8 cm³/mol. The molecule has 0 spiro atoms. The van der Waals surface area contributed by atoms with E-state index in [2.05, 4.69) is 37.8 Å². The Kier molecular flexibility index (Phi) is 5.55. The van der Waals surface area contributed by atoms with E-state index in [1.165, 1.54) is 16.9 Å². The summed E-state index contributed by atoms with van der Waals surface area (Å²) in [6, 6.07) is 8.23. The van der Waals surface area contributed by atoms with Crippen LogP contribution in [0, 0.1) is 0 Å². The van der Waals surface area contributed by atoms with Crippen LogP contribution < -0.4 is 4.90 Å². The lowest BCUT2D eigenvalue weighted by Gasteiger charge is -2.16. The van der Waals surface area contributed by atoms with Gasteiger partial charge >= 0.3 is 5.97 Å². The highest BCUT2D eigenvalue weighted by Crippen LogP contribution is 2.33. The van der Waals surface area contributed by atoms with Gasteiger partial charge in [0.15, 0.2) is 5.13 Å². The van der Waals surface area contributed by atoms with Gasteiger partial charge in [0.2, 0.25) is 0 Å². The number of aliphatic carboxylic acids is 1. The van der Waals surface area contributed by atoms with Crippen LogP contribution in [0.5, 0.6) is 0 Å². The van der Waals surface area contributed by atoms with Crippen molar-refractivity contribution in [2.75, 3.05) is 18.0 Å². The highest BCUT2D eigenvalue weighted by atomic mass is 32.1. The lowest BCUT2D eigenvalue weighted by atomic mass is 10.1. The van der Waals surface area contributed by atoms with Crippen LogP contribution >= 0.6 is 11.3 Å². The van der Waals surface area contributed by atoms with Gasteiger partial charge in [-0.15, -0.1) is 11.3 Å². The van der Waals surface area contributed by atoms with E-state index in [0.29, 0.717) is 0 Å². The van der Waals surface area contributed by atoms with E-state index < -0.39 is 5.97 Å². The number of benzene rings is 1. The maximum Gasteiger partial charge on any atom is 0.308 e. The molecule has 0 saturated carbocycles. The molecule has 1 aromatic carbocycles. The van der Waals surface area contributed by atoms with Gasteiger partial charge < -0.3 is 10.0 Å².